The molecule has 0 radical (unpaired) electrons. The van der Waals surface area contributed by atoms with E-state index in [-0.39, 0.29) is 5.92 Å². The highest BCUT2D eigenvalue weighted by Gasteiger charge is 2.22. The lowest BCUT2D eigenvalue weighted by Gasteiger charge is -2.26. The van der Waals surface area contributed by atoms with Crippen LogP contribution in [0, 0.1) is 23.2 Å². The number of nitriles is 1. The monoisotopic (exact) mass is 255 g/mol. The van der Waals surface area contributed by atoms with Crippen LogP contribution < -0.4 is 0 Å². The van der Waals surface area contributed by atoms with Gasteiger partial charge in [-0.2, -0.15) is 5.26 Å². The van der Waals surface area contributed by atoms with Gasteiger partial charge in [0.05, 0.1) is 11.6 Å². The summed E-state index contributed by atoms with van der Waals surface area (Å²) in [5, 5.41) is 8.76. The summed E-state index contributed by atoms with van der Waals surface area (Å²) in [6, 6.07) is 9.83. The molecule has 0 bridgehead atoms. The average Bonchev–Trinajstić information content (AvgIpc) is 2.49. The van der Waals surface area contributed by atoms with Gasteiger partial charge in [-0.25, -0.2) is 0 Å². The van der Waals surface area contributed by atoms with E-state index in [1.807, 2.05) is 24.3 Å². The molecule has 0 N–H and O–H groups in total. The van der Waals surface area contributed by atoms with Crippen molar-refractivity contribution in [2.45, 2.75) is 44.9 Å². The van der Waals surface area contributed by atoms with Gasteiger partial charge in [-0.05, 0) is 49.3 Å². The molecule has 0 heterocycles. The summed E-state index contributed by atoms with van der Waals surface area (Å²) in [5.41, 5.74) is 1.92. The summed E-state index contributed by atoms with van der Waals surface area (Å²) in [6.07, 6.45) is 9.38. The summed E-state index contributed by atoms with van der Waals surface area (Å²) >= 11 is 0. The molecule has 1 unspecified atom stereocenters. The molecule has 1 fully saturated rings. The highest BCUT2D eigenvalue weighted by Crippen LogP contribution is 2.31. The molecule has 1 atom stereocenters. The zero-order valence-corrected chi connectivity index (χ0v) is 11.3. The van der Waals surface area contributed by atoms with Crippen molar-refractivity contribution in [1.82, 2.24) is 0 Å². The smallest absolute Gasteiger partial charge is 0.123 e. The lowest BCUT2D eigenvalue weighted by Crippen LogP contribution is -2.19. The molecule has 1 aromatic rings. The first kappa shape index (κ1) is 13.8. The number of nitrogens with zero attached hydrogens (tertiary/aromatic N) is 1. The zero-order chi connectivity index (χ0) is 13.5. The maximum Gasteiger partial charge on any atom is 0.123 e. The van der Waals surface area contributed by atoms with Crippen LogP contribution in [0.5, 0.6) is 0 Å². The van der Waals surface area contributed by atoms with Gasteiger partial charge in [0, 0.05) is 5.92 Å². The lowest BCUT2D eigenvalue weighted by atomic mass is 9.78. The minimum Gasteiger partial charge on any atom is -0.303 e. The topological polar surface area (TPSA) is 40.9 Å². The van der Waals surface area contributed by atoms with Crippen LogP contribution in [0.3, 0.4) is 0 Å². The summed E-state index contributed by atoms with van der Waals surface area (Å²) in [5.74, 6) is 0.820. The Balaban J connectivity index is 1.88. The quantitative estimate of drug-likeness (QED) is 0.749. The van der Waals surface area contributed by atoms with Gasteiger partial charge in [0.2, 0.25) is 0 Å². The summed E-state index contributed by atoms with van der Waals surface area (Å²) < 4.78 is 0. The Morgan fingerprint density at radius 1 is 1.21 bits per heavy atom. The van der Waals surface area contributed by atoms with E-state index in [0.717, 1.165) is 12.8 Å². The van der Waals surface area contributed by atoms with Crippen LogP contribution in [0.4, 0.5) is 0 Å². The molecule has 1 aliphatic carbocycles. The van der Waals surface area contributed by atoms with Crippen molar-refractivity contribution in [1.29, 1.82) is 5.26 Å². The number of benzene rings is 1. The predicted octanol–water partition coefficient (Wildman–Crippen LogP) is 3.89. The number of rotatable bonds is 5. The molecule has 1 aliphatic rings. The van der Waals surface area contributed by atoms with E-state index in [1.54, 1.807) is 0 Å². The maximum absolute atomic E-state index is 11.3. The SMILES string of the molecule is N#Cc1ccc(CCC(C=O)C2CCCCC2)cc1. The Hall–Kier alpha value is -1.62. The Labute approximate surface area is 115 Å². The predicted molar refractivity (Wildman–Crippen MR) is 75.6 cm³/mol. The molecule has 1 aromatic carbocycles. The van der Waals surface area contributed by atoms with Crippen molar-refractivity contribution < 1.29 is 4.79 Å². The second-order valence-electron chi connectivity index (χ2n) is 5.55. The van der Waals surface area contributed by atoms with Gasteiger partial charge in [0.1, 0.15) is 6.29 Å². The molecule has 0 spiro atoms. The summed E-state index contributed by atoms with van der Waals surface area (Å²) in [4.78, 5) is 11.3. The van der Waals surface area contributed by atoms with Gasteiger partial charge in [0.25, 0.3) is 0 Å². The molecular formula is C17H21NO. The summed E-state index contributed by atoms with van der Waals surface area (Å²) in [6.45, 7) is 0. The van der Waals surface area contributed by atoms with Gasteiger partial charge in [0.15, 0.2) is 0 Å². The van der Waals surface area contributed by atoms with E-state index in [2.05, 4.69) is 6.07 Å². The second-order valence-corrected chi connectivity index (χ2v) is 5.55. The fraction of sp³-hybridized carbons (Fsp3) is 0.529. The van der Waals surface area contributed by atoms with Gasteiger partial charge in [-0.1, -0.05) is 31.4 Å². The van der Waals surface area contributed by atoms with E-state index >= 15 is 0 Å². The van der Waals surface area contributed by atoms with E-state index < -0.39 is 0 Å². The molecule has 0 saturated heterocycles. The number of aryl methyl sites for hydroxylation is 1. The lowest BCUT2D eigenvalue weighted by molar-refractivity contribution is -0.113. The number of carbonyl (C=O) groups excluding carboxylic acids is 1. The third kappa shape index (κ3) is 3.92. The van der Waals surface area contributed by atoms with Crippen molar-refractivity contribution in [3.63, 3.8) is 0 Å². The number of aldehydes is 1. The Kier molecular flexibility index (Phi) is 5.15. The van der Waals surface area contributed by atoms with Gasteiger partial charge in [-0.3, -0.25) is 0 Å². The summed E-state index contributed by atoms with van der Waals surface area (Å²) in [7, 11) is 0. The van der Waals surface area contributed by atoms with E-state index in [4.69, 9.17) is 5.26 Å². The van der Waals surface area contributed by atoms with Gasteiger partial charge >= 0.3 is 0 Å². The third-order valence-corrected chi connectivity index (χ3v) is 4.28. The second kappa shape index (κ2) is 7.09. The average molecular weight is 255 g/mol. The first-order chi connectivity index (χ1) is 9.33. The van der Waals surface area contributed by atoms with Crippen LogP contribution >= 0.6 is 0 Å². The fourth-order valence-corrected chi connectivity index (χ4v) is 3.06. The highest BCUT2D eigenvalue weighted by atomic mass is 16.1. The van der Waals surface area contributed by atoms with Crippen molar-refractivity contribution in [3.8, 4) is 6.07 Å². The van der Waals surface area contributed by atoms with E-state index in [0.29, 0.717) is 11.5 Å². The molecule has 0 aliphatic heterocycles. The van der Waals surface area contributed by atoms with Crippen LogP contribution in [0.1, 0.15) is 49.7 Å². The van der Waals surface area contributed by atoms with Gasteiger partial charge in [-0.15, -0.1) is 0 Å². The van der Waals surface area contributed by atoms with Gasteiger partial charge < -0.3 is 4.79 Å². The van der Waals surface area contributed by atoms with Crippen LogP contribution in [0.25, 0.3) is 0 Å². The number of hydrogen-bond acceptors (Lipinski definition) is 2. The van der Waals surface area contributed by atoms with E-state index in [9.17, 15) is 4.79 Å². The first-order valence-corrected chi connectivity index (χ1v) is 7.28. The minimum absolute atomic E-state index is 0.218. The molecule has 0 aromatic heterocycles. The molecule has 0 amide bonds. The molecule has 100 valence electrons. The van der Waals surface area contributed by atoms with Crippen molar-refractivity contribution in [2.24, 2.45) is 11.8 Å². The molecule has 2 heteroatoms. The number of carbonyl (C=O) groups is 1. The highest BCUT2D eigenvalue weighted by molar-refractivity contribution is 5.54. The largest absolute Gasteiger partial charge is 0.303 e. The van der Waals surface area contributed by atoms with Crippen LogP contribution in [0.2, 0.25) is 0 Å². The third-order valence-electron chi connectivity index (χ3n) is 4.28. The van der Waals surface area contributed by atoms with Crippen LogP contribution in [-0.2, 0) is 11.2 Å². The molecule has 19 heavy (non-hydrogen) atoms. The first-order valence-electron chi connectivity index (χ1n) is 7.28. The molecule has 2 nitrogen and oxygen atoms in total. The Morgan fingerprint density at radius 3 is 2.47 bits per heavy atom. The van der Waals surface area contributed by atoms with Crippen LogP contribution in [0.15, 0.2) is 24.3 Å². The maximum atomic E-state index is 11.3. The normalized spacial score (nSPS) is 17.6. The van der Waals surface area contributed by atoms with E-state index in [1.165, 1.54) is 44.0 Å². The van der Waals surface area contributed by atoms with Crippen molar-refractivity contribution in [3.05, 3.63) is 35.4 Å². The molecular weight excluding hydrogens is 234 g/mol. The molecule has 2 rings (SSSR count). The molecule has 1 saturated carbocycles. The standard InChI is InChI=1S/C17H21NO/c18-12-15-8-6-14(7-9-15)10-11-17(13-19)16-4-2-1-3-5-16/h6-9,13,16-17H,1-5,10-11H2. The zero-order valence-electron chi connectivity index (χ0n) is 11.3. The Morgan fingerprint density at radius 2 is 1.89 bits per heavy atom. The van der Waals surface area contributed by atoms with Crippen molar-refractivity contribution >= 4 is 6.29 Å². The van der Waals surface area contributed by atoms with Crippen molar-refractivity contribution in [2.75, 3.05) is 0 Å². The van der Waals surface area contributed by atoms with Crippen LogP contribution in [-0.4, -0.2) is 6.29 Å². The number of hydrogen-bond donors (Lipinski definition) is 0. The minimum atomic E-state index is 0.218. The Bertz CT molecular complexity index is 437. The fourth-order valence-electron chi connectivity index (χ4n) is 3.06.